The number of morpholine rings is 1. The van der Waals surface area contributed by atoms with E-state index < -0.39 is 12.0 Å². The number of para-hydroxylation sites is 1. The van der Waals surface area contributed by atoms with Crippen LogP contribution in [0.2, 0.25) is 0 Å². The monoisotopic (exact) mass is 547 g/mol. The van der Waals surface area contributed by atoms with Gasteiger partial charge >= 0.3 is 5.97 Å². The number of rotatable bonds is 8. The minimum absolute atomic E-state index is 0.204. The summed E-state index contributed by atoms with van der Waals surface area (Å²) in [5.74, 6) is 0.129. The van der Waals surface area contributed by atoms with Crippen LogP contribution in [0.25, 0.3) is 6.08 Å². The number of thiazole rings is 1. The first-order valence-electron chi connectivity index (χ1n) is 13.3. The molecule has 0 spiro atoms. The molecule has 2 aliphatic rings. The van der Waals surface area contributed by atoms with E-state index in [0.717, 1.165) is 44.0 Å². The molecule has 1 fully saturated rings. The van der Waals surface area contributed by atoms with Crippen LogP contribution in [0.1, 0.15) is 43.9 Å². The number of carbonyl (C=O) groups excluding carboxylic acids is 1. The number of benzene rings is 2. The third-order valence-electron chi connectivity index (χ3n) is 6.89. The van der Waals surface area contributed by atoms with Crippen molar-refractivity contribution in [3.8, 4) is 5.75 Å². The molecule has 5 rings (SSSR count). The van der Waals surface area contributed by atoms with Gasteiger partial charge in [-0.2, -0.15) is 0 Å². The van der Waals surface area contributed by atoms with Crippen molar-refractivity contribution >= 4 is 29.1 Å². The standard InChI is InChI=1S/C30H33N3O5S/c1-4-8-23-26(29(35)38-5-2)27(22-9-6-7-10-24(22)36-3)33-28(34)25(39-30(33)31-23)19-20-11-13-21(14-12-20)32-15-17-37-18-16-32/h6-7,9-14,19,27H,4-5,8,15-18H2,1-3H3/b25-19+/t27-/m1/s1. The molecule has 3 aromatic rings. The lowest BCUT2D eigenvalue weighted by atomic mass is 9.93. The molecule has 8 nitrogen and oxygen atoms in total. The highest BCUT2D eigenvalue weighted by molar-refractivity contribution is 7.07. The lowest BCUT2D eigenvalue weighted by Gasteiger charge is -2.28. The topological polar surface area (TPSA) is 82.4 Å². The summed E-state index contributed by atoms with van der Waals surface area (Å²) < 4.78 is 18.8. The van der Waals surface area contributed by atoms with Gasteiger partial charge in [0.25, 0.3) is 5.56 Å². The summed E-state index contributed by atoms with van der Waals surface area (Å²) >= 11 is 1.33. The first kappa shape index (κ1) is 26.9. The smallest absolute Gasteiger partial charge is 0.338 e. The van der Waals surface area contributed by atoms with E-state index >= 15 is 0 Å². The van der Waals surface area contributed by atoms with Crippen LogP contribution < -0.4 is 24.5 Å². The van der Waals surface area contributed by atoms with Crippen molar-refractivity contribution in [3.05, 3.63) is 90.6 Å². The Morgan fingerprint density at radius 3 is 2.56 bits per heavy atom. The van der Waals surface area contributed by atoms with Crippen molar-refractivity contribution < 1.29 is 19.0 Å². The van der Waals surface area contributed by atoms with Crippen LogP contribution in [0.3, 0.4) is 0 Å². The molecule has 0 bridgehead atoms. The summed E-state index contributed by atoms with van der Waals surface area (Å²) in [6, 6.07) is 15.0. The number of allylic oxidation sites excluding steroid dienone is 1. The van der Waals surface area contributed by atoms with Crippen molar-refractivity contribution in [2.75, 3.05) is 44.9 Å². The number of fused-ring (bicyclic) bond motifs is 1. The molecule has 39 heavy (non-hydrogen) atoms. The molecule has 9 heteroatoms. The molecule has 0 N–H and O–H groups in total. The third kappa shape index (κ3) is 5.42. The van der Waals surface area contributed by atoms with E-state index in [2.05, 4.69) is 17.0 Å². The maximum Gasteiger partial charge on any atom is 0.338 e. The summed E-state index contributed by atoms with van der Waals surface area (Å²) in [6.45, 7) is 7.22. The Labute approximate surface area is 231 Å². The number of anilines is 1. The highest BCUT2D eigenvalue weighted by Gasteiger charge is 2.35. The van der Waals surface area contributed by atoms with Gasteiger partial charge in [-0.05, 0) is 43.2 Å². The minimum Gasteiger partial charge on any atom is -0.496 e. The number of esters is 1. The van der Waals surface area contributed by atoms with Gasteiger partial charge < -0.3 is 19.1 Å². The van der Waals surface area contributed by atoms with Gasteiger partial charge in [0.15, 0.2) is 4.80 Å². The Morgan fingerprint density at radius 1 is 1.13 bits per heavy atom. The second kappa shape index (κ2) is 12.0. The van der Waals surface area contributed by atoms with Crippen molar-refractivity contribution in [1.29, 1.82) is 0 Å². The molecule has 3 heterocycles. The van der Waals surface area contributed by atoms with Gasteiger partial charge in [-0.1, -0.05) is 55.0 Å². The molecule has 1 atom stereocenters. The number of methoxy groups -OCH3 is 1. The van der Waals surface area contributed by atoms with Crippen LogP contribution in [0.5, 0.6) is 5.75 Å². The number of hydrogen-bond donors (Lipinski definition) is 0. The first-order chi connectivity index (χ1) is 19.0. The molecule has 0 unspecified atom stereocenters. The molecule has 0 radical (unpaired) electrons. The van der Waals surface area contributed by atoms with Gasteiger partial charge in [0.05, 0.1) is 42.7 Å². The van der Waals surface area contributed by atoms with Crippen molar-refractivity contribution in [1.82, 2.24) is 4.57 Å². The van der Waals surface area contributed by atoms with Crippen molar-refractivity contribution in [3.63, 3.8) is 0 Å². The zero-order valence-corrected chi connectivity index (χ0v) is 23.3. The Bertz CT molecular complexity index is 1550. The molecule has 2 aromatic carbocycles. The van der Waals surface area contributed by atoms with Gasteiger partial charge in [0.1, 0.15) is 11.8 Å². The van der Waals surface area contributed by atoms with E-state index in [9.17, 15) is 9.59 Å². The molecular weight excluding hydrogens is 514 g/mol. The summed E-state index contributed by atoms with van der Waals surface area (Å²) in [6.07, 6.45) is 3.28. The number of ether oxygens (including phenoxy) is 3. The highest BCUT2D eigenvalue weighted by Crippen LogP contribution is 2.36. The average Bonchev–Trinajstić information content (AvgIpc) is 3.27. The minimum atomic E-state index is -0.705. The van der Waals surface area contributed by atoms with Crippen molar-refractivity contribution in [2.45, 2.75) is 32.7 Å². The Kier molecular flexibility index (Phi) is 8.28. The number of aromatic nitrogens is 1. The van der Waals surface area contributed by atoms with E-state index in [1.807, 2.05) is 49.4 Å². The summed E-state index contributed by atoms with van der Waals surface area (Å²) in [7, 11) is 1.59. The zero-order chi connectivity index (χ0) is 27.4. The van der Waals surface area contributed by atoms with E-state index in [1.165, 1.54) is 11.3 Å². The lowest BCUT2D eigenvalue weighted by molar-refractivity contribution is -0.139. The number of nitrogens with zero attached hydrogens (tertiary/aromatic N) is 3. The van der Waals surface area contributed by atoms with E-state index in [0.29, 0.717) is 38.3 Å². The summed E-state index contributed by atoms with van der Waals surface area (Å²) in [5.41, 5.74) is 3.60. The van der Waals surface area contributed by atoms with Crippen molar-refractivity contribution in [2.24, 2.45) is 4.99 Å². The fraction of sp³-hybridized carbons (Fsp3) is 0.367. The quantitative estimate of drug-likeness (QED) is 0.402. The average molecular weight is 548 g/mol. The predicted octanol–water partition coefficient (Wildman–Crippen LogP) is 3.42. The third-order valence-corrected chi connectivity index (χ3v) is 7.88. The predicted molar refractivity (Wildman–Crippen MR) is 152 cm³/mol. The molecular formula is C30H33N3O5S. The van der Waals surface area contributed by atoms with E-state index in [1.54, 1.807) is 18.6 Å². The van der Waals surface area contributed by atoms with Crippen LogP contribution >= 0.6 is 11.3 Å². The maximum absolute atomic E-state index is 14.0. The summed E-state index contributed by atoms with van der Waals surface area (Å²) in [5, 5.41) is 0. The van der Waals surface area contributed by atoms with Gasteiger partial charge in [0, 0.05) is 24.3 Å². The number of hydrogen-bond acceptors (Lipinski definition) is 8. The van der Waals surface area contributed by atoms with Crippen LogP contribution in [0.15, 0.2) is 69.6 Å². The number of carbonyl (C=O) groups is 1. The fourth-order valence-electron chi connectivity index (χ4n) is 5.06. The summed E-state index contributed by atoms with van der Waals surface area (Å²) in [4.78, 5) is 35.0. The SMILES string of the molecule is CCCC1=C(C(=O)OCC)[C@@H](c2ccccc2OC)n2c(s/c(=C/c3ccc(N4CCOCC4)cc3)c2=O)=N1. The van der Waals surface area contributed by atoms with Crippen LogP contribution in [0, 0.1) is 0 Å². The lowest BCUT2D eigenvalue weighted by Crippen LogP contribution is -2.40. The fourth-order valence-corrected chi connectivity index (χ4v) is 6.08. The van der Waals surface area contributed by atoms with Gasteiger partial charge in [-0.3, -0.25) is 9.36 Å². The maximum atomic E-state index is 14.0. The molecule has 2 aliphatic heterocycles. The Hall–Kier alpha value is -3.69. The van der Waals surface area contributed by atoms with E-state index in [-0.39, 0.29) is 12.2 Å². The van der Waals surface area contributed by atoms with Crippen LogP contribution in [-0.4, -0.2) is 50.6 Å². The van der Waals surface area contributed by atoms with Crippen LogP contribution in [0.4, 0.5) is 5.69 Å². The molecule has 0 amide bonds. The van der Waals surface area contributed by atoms with E-state index in [4.69, 9.17) is 19.2 Å². The molecule has 0 saturated carbocycles. The molecule has 0 aliphatic carbocycles. The molecule has 1 saturated heterocycles. The van der Waals surface area contributed by atoms with Gasteiger partial charge in [0.2, 0.25) is 0 Å². The molecule has 204 valence electrons. The van der Waals surface area contributed by atoms with Gasteiger partial charge in [-0.25, -0.2) is 9.79 Å². The largest absolute Gasteiger partial charge is 0.496 e. The highest BCUT2D eigenvalue weighted by atomic mass is 32.1. The first-order valence-corrected chi connectivity index (χ1v) is 14.1. The Balaban J connectivity index is 1.64. The zero-order valence-electron chi connectivity index (χ0n) is 22.5. The normalized spacial score (nSPS) is 17.6. The second-order valence-corrected chi connectivity index (χ2v) is 10.4. The molecule has 1 aromatic heterocycles. The van der Waals surface area contributed by atoms with Gasteiger partial charge in [-0.15, -0.1) is 0 Å². The Morgan fingerprint density at radius 2 is 1.87 bits per heavy atom. The van der Waals surface area contributed by atoms with Crippen LogP contribution in [-0.2, 0) is 14.3 Å². The second-order valence-electron chi connectivity index (χ2n) is 9.35.